The van der Waals surface area contributed by atoms with Gasteiger partial charge in [-0.25, -0.2) is 0 Å². The molecule has 0 bridgehead atoms. The molecule has 0 saturated carbocycles. The molecule has 0 aromatic heterocycles. The van der Waals surface area contributed by atoms with Crippen molar-refractivity contribution in [1.82, 2.24) is 5.32 Å². The van der Waals surface area contributed by atoms with Crippen LogP contribution in [0.15, 0.2) is 18.2 Å². The maximum absolute atomic E-state index is 3.66. The minimum Gasteiger partial charge on any atom is -0.369 e. The van der Waals surface area contributed by atoms with Gasteiger partial charge in [-0.3, -0.25) is 0 Å². The molecule has 1 N–H and O–H groups in total. The summed E-state index contributed by atoms with van der Waals surface area (Å²) in [6.45, 7) is 14.6. The van der Waals surface area contributed by atoms with E-state index in [-0.39, 0.29) is 5.54 Å². The minimum atomic E-state index is 0.183. The van der Waals surface area contributed by atoms with Crippen molar-refractivity contribution in [2.75, 3.05) is 24.5 Å². The highest BCUT2D eigenvalue weighted by Gasteiger charge is 2.27. The van der Waals surface area contributed by atoms with Gasteiger partial charge in [0.2, 0.25) is 0 Å². The van der Waals surface area contributed by atoms with Gasteiger partial charge in [0.05, 0.1) is 0 Å². The third-order valence-corrected chi connectivity index (χ3v) is 3.62. The Bertz CT molecular complexity index is 403. The SMILES string of the molecule is Cc1cc(C)cc(N2CC(C)CNC(C)(C)C2)c1. The second-order valence-electron chi connectivity index (χ2n) is 6.60. The van der Waals surface area contributed by atoms with Gasteiger partial charge in [0.15, 0.2) is 0 Å². The predicted octanol–water partition coefficient (Wildman–Crippen LogP) is 3.13. The van der Waals surface area contributed by atoms with E-state index in [0.717, 1.165) is 19.6 Å². The molecule has 1 heterocycles. The molecule has 0 spiro atoms. The van der Waals surface area contributed by atoms with Crippen LogP contribution in [0.1, 0.15) is 31.9 Å². The molecule has 100 valence electrons. The quantitative estimate of drug-likeness (QED) is 0.819. The molecule has 0 amide bonds. The Morgan fingerprint density at radius 1 is 1.17 bits per heavy atom. The lowest BCUT2D eigenvalue weighted by molar-refractivity contribution is 0.402. The molecule has 18 heavy (non-hydrogen) atoms. The molecule has 1 saturated heterocycles. The molecule has 0 aliphatic carbocycles. The topological polar surface area (TPSA) is 15.3 Å². The van der Waals surface area contributed by atoms with Crippen LogP contribution in [0.5, 0.6) is 0 Å². The zero-order valence-electron chi connectivity index (χ0n) is 12.4. The molecule has 1 aliphatic rings. The third-order valence-electron chi connectivity index (χ3n) is 3.62. The van der Waals surface area contributed by atoms with Crippen LogP contribution in [0, 0.1) is 19.8 Å². The molecule has 1 fully saturated rings. The van der Waals surface area contributed by atoms with Crippen molar-refractivity contribution in [2.24, 2.45) is 5.92 Å². The molecule has 0 radical (unpaired) electrons. The first-order chi connectivity index (χ1) is 8.35. The molecule has 1 aliphatic heterocycles. The standard InChI is InChI=1S/C16H26N2/c1-12-6-13(2)8-15(7-12)18-10-14(3)9-17-16(4,5)11-18/h6-8,14,17H,9-11H2,1-5H3. The van der Waals surface area contributed by atoms with Crippen LogP contribution in [-0.4, -0.2) is 25.2 Å². The van der Waals surface area contributed by atoms with E-state index in [4.69, 9.17) is 0 Å². The molecular formula is C16H26N2. The van der Waals surface area contributed by atoms with Crippen LogP contribution >= 0.6 is 0 Å². The van der Waals surface area contributed by atoms with Gasteiger partial charge in [-0.2, -0.15) is 0 Å². The Morgan fingerprint density at radius 3 is 2.39 bits per heavy atom. The van der Waals surface area contributed by atoms with Crippen molar-refractivity contribution < 1.29 is 0 Å². The molecule has 2 rings (SSSR count). The summed E-state index contributed by atoms with van der Waals surface area (Å²) in [4.78, 5) is 2.53. The molecule has 1 unspecified atom stereocenters. The van der Waals surface area contributed by atoms with Crippen molar-refractivity contribution in [3.05, 3.63) is 29.3 Å². The monoisotopic (exact) mass is 246 g/mol. The van der Waals surface area contributed by atoms with Crippen molar-refractivity contribution in [3.8, 4) is 0 Å². The summed E-state index contributed by atoms with van der Waals surface area (Å²) in [5, 5.41) is 3.66. The van der Waals surface area contributed by atoms with Crippen molar-refractivity contribution in [2.45, 2.75) is 40.2 Å². The number of benzene rings is 1. The largest absolute Gasteiger partial charge is 0.369 e. The summed E-state index contributed by atoms with van der Waals surface area (Å²) in [6.07, 6.45) is 0. The van der Waals surface area contributed by atoms with Crippen LogP contribution in [0.2, 0.25) is 0 Å². The van der Waals surface area contributed by atoms with Crippen LogP contribution in [0.4, 0.5) is 5.69 Å². The lowest BCUT2D eigenvalue weighted by Gasteiger charge is -2.32. The summed E-state index contributed by atoms with van der Waals surface area (Å²) < 4.78 is 0. The number of anilines is 1. The van der Waals surface area contributed by atoms with E-state index in [1.165, 1.54) is 16.8 Å². The highest BCUT2D eigenvalue weighted by Crippen LogP contribution is 2.23. The second-order valence-corrected chi connectivity index (χ2v) is 6.60. The Labute approximate surface area is 111 Å². The lowest BCUT2D eigenvalue weighted by atomic mass is 10.0. The summed E-state index contributed by atoms with van der Waals surface area (Å²) in [6, 6.07) is 6.86. The number of hydrogen-bond acceptors (Lipinski definition) is 2. The van der Waals surface area contributed by atoms with Gasteiger partial charge in [-0.05, 0) is 63.4 Å². The fourth-order valence-corrected chi connectivity index (χ4v) is 2.82. The van der Waals surface area contributed by atoms with E-state index >= 15 is 0 Å². The van der Waals surface area contributed by atoms with Gasteiger partial charge >= 0.3 is 0 Å². The number of rotatable bonds is 1. The highest BCUT2D eigenvalue weighted by atomic mass is 15.2. The molecule has 2 heteroatoms. The average Bonchev–Trinajstić information content (AvgIpc) is 2.36. The number of nitrogens with zero attached hydrogens (tertiary/aromatic N) is 1. The van der Waals surface area contributed by atoms with Gasteiger partial charge in [0, 0.05) is 24.3 Å². The van der Waals surface area contributed by atoms with Crippen LogP contribution in [-0.2, 0) is 0 Å². The van der Waals surface area contributed by atoms with Gasteiger partial charge in [-0.1, -0.05) is 13.0 Å². The van der Waals surface area contributed by atoms with E-state index < -0.39 is 0 Å². The normalized spacial score (nSPS) is 23.8. The van der Waals surface area contributed by atoms with Gasteiger partial charge in [0.25, 0.3) is 0 Å². The number of nitrogens with one attached hydrogen (secondary N) is 1. The molecule has 1 aromatic rings. The van der Waals surface area contributed by atoms with Gasteiger partial charge in [-0.15, -0.1) is 0 Å². The first-order valence-corrected chi connectivity index (χ1v) is 6.94. The first kappa shape index (κ1) is 13.4. The Hall–Kier alpha value is -1.02. The molecule has 1 aromatic carbocycles. The minimum absolute atomic E-state index is 0.183. The zero-order chi connectivity index (χ0) is 13.3. The van der Waals surface area contributed by atoms with Gasteiger partial charge < -0.3 is 10.2 Å². The van der Waals surface area contributed by atoms with Crippen molar-refractivity contribution >= 4 is 5.69 Å². The summed E-state index contributed by atoms with van der Waals surface area (Å²) in [5.74, 6) is 0.688. The van der Waals surface area contributed by atoms with E-state index in [1.54, 1.807) is 0 Å². The number of aryl methyl sites for hydroxylation is 2. The Kier molecular flexibility index (Phi) is 3.67. The van der Waals surface area contributed by atoms with Gasteiger partial charge in [0.1, 0.15) is 0 Å². The Balaban J connectivity index is 2.29. The predicted molar refractivity (Wildman–Crippen MR) is 79.4 cm³/mol. The van der Waals surface area contributed by atoms with Crippen molar-refractivity contribution in [3.63, 3.8) is 0 Å². The van der Waals surface area contributed by atoms with Crippen LogP contribution in [0.25, 0.3) is 0 Å². The highest BCUT2D eigenvalue weighted by molar-refractivity contribution is 5.51. The first-order valence-electron chi connectivity index (χ1n) is 6.94. The average molecular weight is 246 g/mol. The maximum Gasteiger partial charge on any atom is 0.0372 e. The summed E-state index contributed by atoms with van der Waals surface area (Å²) in [5.41, 5.74) is 4.26. The smallest absolute Gasteiger partial charge is 0.0372 e. The lowest BCUT2D eigenvalue weighted by Crippen LogP contribution is -2.46. The summed E-state index contributed by atoms with van der Waals surface area (Å²) >= 11 is 0. The summed E-state index contributed by atoms with van der Waals surface area (Å²) in [7, 11) is 0. The molecule has 1 atom stereocenters. The fourth-order valence-electron chi connectivity index (χ4n) is 2.82. The van der Waals surface area contributed by atoms with E-state index in [2.05, 4.69) is 63.0 Å². The van der Waals surface area contributed by atoms with E-state index in [9.17, 15) is 0 Å². The third kappa shape index (κ3) is 3.26. The zero-order valence-corrected chi connectivity index (χ0v) is 12.4. The van der Waals surface area contributed by atoms with Crippen LogP contribution in [0.3, 0.4) is 0 Å². The maximum atomic E-state index is 3.66. The second kappa shape index (κ2) is 4.93. The molecular weight excluding hydrogens is 220 g/mol. The van der Waals surface area contributed by atoms with E-state index in [0.29, 0.717) is 5.92 Å². The van der Waals surface area contributed by atoms with Crippen LogP contribution < -0.4 is 10.2 Å². The van der Waals surface area contributed by atoms with Crippen molar-refractivity contribution in [1.29, 1.82) is 0 Å². The van der Waals surface area contributed by atoms with E-state index in [1.807, 2.05) is 0 Å². The fraction of sp³-hybridized carbons (Fsp3) is 0.625. The molecule has 2 nitrogen and oxygen atoms in total. The number of hydrogen-bond donors (Lipinski definition) is 1. The Morgan fingerprint density at radius 2 is 1.78 bits per heavy atom.